The van der Waals surface area contributed by atoms with Crippen LogP contribution >= 0.6 is 15.9 Å². The highest BCUT2D eigenvalue weighted by Gasteiger charge is 2.19. The zero-order chi connectivity index (χ0) is 9.97. The van der Waals surface area contributed by atoms with Crippen molar-refractivity contribution in [2.75, 3.05) is 24.5 Å². The Morgan fingerprint density at radius 3 is 2.71 bits per heavy atom. The minimum Gasteiger partial charge on any atom is -0.372 e. The highest BCUT2D eigenvalue weighted by Crippen LogP contribution is 2.20. The predicted octanol–water partition coefficient (Wildman–Crippen LogP) is 1.18. The number of aliphatic hydroxyl groups excluding tert-OH is 1. The predicted molar refractivity (Wildman–Crippen MR) is 60.4 cm³/mol. The van der Waals surface area contributed by atoms with Gasteiger partial charge >= 0.3 is 0 Å². The first-order valence-corrected chi connectivity index (χ1v) is 5.47. The van der Waals surface area contributed by atoms with Crippen molar-refractivity contribution in [3.8, 4) is 0 Å². The molecule has 0 aromatic heterocycles. The molecular formula is C10H13BrN2O. The highest BCUT2D eigenvalue weighted by molar-refractivity contribution is 9.10. The Balaban J connectivity index is 2.16. The first-order valence-electron chi connectivity index (χ1n) is 4.68. The molecule has 14 heavy (non-hydrogen) atoms. The molecule has 1 atom stereocenters. The van der Waals surface area contributed by atoms with E-state index in [1.165, 1.54) is 0 Å². The summed E-state index contributed by atoms with van der Waals surface area (Å²) < 4.78 is 1.06. The second kappa shape index (κ2) is 4.29. The third-order valence-electron chi connectivity index (χ3n) is 2.37. The SMILES string of the molecule is OC1CNCCN1c1ccc(Br)cc1. The Morgan fingerprint density at radius 1 is 1.36 bits per heavy atom. The van der Waals surface area contributed by atoms with Crippen LogP contribution in [0.5, 0.6) is 0 Å². The van der Waals surface area contributed by atoms with E-state index in [0.29, 0.717) is 6.54 Å². The molecule has 0 aliphatic carbocycles. The van der Waals surface area contributed by atoms with Gasteiger partial charge in [-0.25, -0.2) is 0 Å². The van der Waals surface area contributed by atoms with E-state index in [4.69, 9.17) is 0 Å². The number of hydrogen-bond donors (Lipinski definition) is 2. The molecule has 1 fully saturated rings. The van der Waals surface area contributed by atoms with Crippen LogP contribution in [0.2, 0.25) is 0 Å². The van der Waals surface area contributed by atoms with E-state index in [9.17, 15) is 5.11 Å². The van der Waals surface area contributed by atoms with Gasteiger partial charge in [0.2, 0.25) is 0 Å². The molecule has 3 nitrogen and oxygen atoms in total. The van der Waals surface area contributed by atoms with E-state index >= 15 is 0 Å². The Bertz CT molecular complexity index is 301. The van der Waals surface area contributed by atoms with Gasteiger partial charge in [-0.15, -0.1) is 0 Å². The smallest absolute Gasteiger partial charge is 0.139 e. The van der Waals surface area contributed by atoms with Crippen molar-refractivity contribution in [1.29, 1.82) is 0 Å². The lowest BCUT2D eigenvalue weighted by Gasteiger charge is -2.34. The standard InChI is InChI=1S/C10H13BrN2O/c11-8-1-3-9(4-2-8)13-6-5-12-7-10(13)14/h1-4,10,12,14H,5-7H2. The topological polar surface area (TPSA) is 35.5 Å². The Kier molecular flexibility index (Phi) is 3.05. The molecule has 1 unspecified atom stereocenters. The van der Waals surface area contributed by atoms with Gasteiger partial charge < -0.3 is 15.3 Å². The second-order valence-corrected chi connectivity index (χ2v) is 4.27. The molecule has 2 rings (SSSR count). The molecule has 2 N–H and O–H groups in total. The van der Waals surface area contributed by atoms with E-state index in [1.54, 1.807) is 0 Å². The Hall–Kier alpha value is -0.580. The molecule has 1 saturated heterocycles. The van der Waals surface area contributed by atoms with Gasteiger partial charge in [-0.1, -0.05) is 15.9 Å². The van der Waals surface area contributed by atoms with E-state index in [2.05, 4.69) is 21.2 Å². The van der Waals surface area contributed by atoms with Crippen LogP contribution in [-0.2, 0) is 0 Å². The number of nitrogens with zero attached hydrogens (tertiary/aromatic N) is 1. The van der Waals surface area contributed by atoms with Crippen LogP contribution in [0.4, 0.5) is 5.69 Å². The quantitative estimate of drug-likeness (QED) is 0.793. The average molecular weight is 257 g/mol. The molecular weight excluding hydrogens is 244 g/mol. The number of piperazine rings is 1. The van der Waals surface area contributed by atoms with Crippen molar-refractivity contribution in [2.45, 2.75) is 6.23 Å². The first kappa shape index (κ1) is 9.96. The number of rotatable bonds is 1. The number of β-amino-alcohol motifs (C(OH)–C–C–N with tert-alkyl or cyclic N) is 1. The number of anilines is 1. The fourth-order valence-electron chi connectivity index (χ4n) is 1.62. The molecule has 1 aliphatic heterocycles. The molecule has 0 radical (unpaired) electrons. The zero-order valence-corrected chi connectivity index (χ0v) is 9.37. The fourth-order valence-corrected chi connectivity index (χ4v) is 1.89. The average Bonchev–Trinajstić information content (AvgIpc) is 2.20. The molecule has 1 heterocycles. The second-order valence-electron chi connectivity index (χ2n) is 3.35. The summed E-state index contributed by atoms with van der Waals surface area (Å²) >= 11 is 3.39. The maximum atomic E-state index is 9.74. The number of aliphatic hydroxyl groups is 1. The van der Waals surface area contributed by atoms with Gasteiger partial charge in [0, 0.05) is 29.8 Å². The minimum absolute atomic E-state index is 0.412. The lowest BCUT2D eigenvalue weighted by Crippen LogP contribution is -2.51. The normalized spacial score (nSPS) is 22.4. The van der Waals surface area contributed by atoms with Crippen molar-refractivity contribution in [3.63, 3.8) is 0 Å². The third kappa shape index (κ3) is 2.08. The largest absolute Gasteiger partial charge is 0.372 e. The summed E-state index contributed by atoms with van der Waals surface area (Å²) in [5.41, 5.74) is 1.07. The molecule has 1 aromatic carbocycles. The lowest BCUT2D eigenvalue weighted by molar-refractivity contribution is 0.152. The summed E-state index contributed by atoms with van der Waals surface area (Å²) in [6, 6.07) is 8.01. The summed E-state index contributed by atoms with van der Waals surface area (Å²) in [5.74, 6) is 0. The lowest BCUT2D eigenvalue weighted by atomic mass is 10.2. The van der Waals surface area contributed by atoms with Gasteiger partial charge in [-0.2, -0.15) is 0 Å². The van der Waals surface area contributed by atoms with Gasteiger partial charge in [-0.05, 0) is 24.3 Å². The summed E-state index contributed by atoms with van der Waals surface area (Å²) in [6.07, 6.45) is -0.412. The van der Waals surface area contributed by atoms with Crippen LogP contribution < -0.4 is 10.2 Å². The molecule has 4 heteroatoms. The van der Waals surface area contributed by atoms with Gasteiger partial charge in [0.25, 0.3) is 0 Å². The Morgan fingerprint density at radius 2 is 2.07 bits per heavy atom. The molecule has 0 bridgehead atoms. The van der Waals surface area contributed by atoms with Crippen molar-refractivity contribution < 1.29 is 5.11 Å². The van der Waals surface area contributed by atoms with Crippen molar-refractivity contribution in [3.05, 3.63) is 28.7 Å². The number of nitrogens with one attached hydrogen (secondary N) is 1. The minimum atomic E-state index is -0.412. The number of halogens is 1. The monoisotopic (exact) mass is 256 g/mol. The highest BCUT2D eigenvalue weighted by atomic mass is 79.9. The van der Waals surface area contributed by atoms with Gasteiger partial charge in [-0.3, -0.25) is 0 Å². The van der Waals surface area contributed by atoms with E-state index in [1.807, 2.05) is 29.2 Å². The van der Waals surface area contributed by atoms with E-state index < -0.39 is 6.23 Å². The summed E-state index contributed by atoms with van der Waals surface area (Å²) in [4.78, 5) is 2.00. The molecule has 0 saturated carbocycles. The molecule has 0 spiro atoms. The summed E-state index contributed by atoms with van der Waals surface area (Å²) in [6.45, 7) is 2.41. The van der Waals surface area contributed by atoms with Gasteiger partial charge in [0.15, 0.2) is 0 Å². The Labute approximate surface area is 91.9 Å². The van der Waals surface area contributed by atoms with Crippen molar-refractivity contribution in [2.24, 2.45) is 0 Å². The molecule has 0 amide bonds. The van der Waals surface area contributed by atoms with Crippen LogP contribution in [0, 0.1) is 0 Å². The maximum Gasteiger partial charge on any atom is 0.139 e. The number of hydrogen-bond acceptors (Lipinski definition) is 3. The molecule has 1 aromatic rings. The number of benzene rings is 1. The van der Waals surface area contributed by atoms with Crippen molar-refractivity contribution in [1.82, 2.24) is 5.32 Å². The van der Waals surface area contributed by atoms with Crippen LogP contribution in [0.25, 0.3) is 0 Å². The van der Waals surface area contributed by atoms with Crippen LogP contribution in [0.3, 0.4) is 0 Å². The maximum absolute atomic E-state index is 9.74. The van der Waals surface area contributed by atoms with Crippen LogP contribution in [0.15, 0.2) is 28.7 Å². The van der Waals surface area contributed by atoms with Crippen molar-refractivity contribution >= 4 is 21.6 Å². The summed E-state index contributed by atoms with van der Waals surface area (Å²) in [7, 11) is 0. The van der Waals surface area contributed by atoms with Crippen LogP contribution in [-0.4, -0.2) is 31.0 Å². The van der Waals surface area contributed by atoms with Gasteiger partial charge in [0.05, 0.1) is 0 Å². The third-order valence-corrected chi connectivity index (χ3v) is 2.90. The molecule has 76 valence electrons. The van der Waals surface area contributed by atoms with Gasteiger partial charge in [0.1, 0.15) is 6.23 Å². The summed E-state index contributed by atoms with van der Waals surface area (Å²) in [5, 5.41) is 12.9. The fraction of sp³-hybridized carbons (Fsp3) is 0.400. The zero-order valence-electron chi connectivity index (χ0n) is 7.78. The van der Waals surface area contributed by atoms with E-state index in [0.717, 1.165) is 23.2 Å². The van der Waals surface area contributed by atoms with E-state index in [-0.39, 0.29) is 0 Å². The van der Waals surface area contributed by atoms with Crippen LogP contribution in [0.1, 0.15) is 0 Å². The first-order chi connectivity index (χ1) is 6.77. The molecule has 1 aliphatic rings.